The molecule has 156 valence electrons. The molecule has 0 aliphatic carbocycles. The molecule has 1 amide bonds. The SMILES string of the molecule is Cc1nc(N2CCN(C(=O)c3cccc(-n4cccn4)c3)CC2)cc(-n2cccc2)n1. The summed E-state index contributed by atoms with van der Waals surface area (Å²) in [4.78, 5) is 26.4. The van der Waals surface area contributed by atoms with E-state index in [1.165, 1.54) is 0 Å². The highest BCUT2D eigenvalue weighted by atomic mass is 16.2. The van der Waals surface area contributed by atoms with Gasteiger partial charge < -0.3 is 14.4 Å². The number of nitrogens with zero attached hydrogens (tertiary/aromatic N) is 7. The second-order valence-corrected chi connectivity index (χ2v) is 7.50. The Morgan fingerprint density at radius 1 is 0.871 bits per heavy atom. The van der Waals surface area contributed by atoms with Gasteiger partial charge in [-0.1, -0.05) is 6.07 Å². The van der Waals surface area contributed by atoms with Crippen molar-refractivity contribution in [3.05, 3.63) is 84.7 Å². The first kappa shape index (κ1) is 19.0. The van der Waals surface area contributed by atoms with E-state index in [0.717, 1.165) is 36.2 Å². The van der Waals surface area contributed by atoms with Gasteiger partial charge in [-0.2, -0.15) is 5.10 Å². The molecule has 31 heavy (non-hydrogen) atoms. The Morgan fingerprint density at radius 3 is 2.39 bits per heavy atom. The van der Waals surface area contributed by atoms with E-state index in [-0.39, 0.29) is 5.91 Å². The monoisotopic (exact) mass is 413 g/mol. The standard InChI is InChI=1S/C23H23N7O/c1-18-25-21(27-9-2-3-10-27)17-22(26-18)28-12-14-29(15-13-28)23(31)19-6-4-7-20(16-19)30-11-5-8-24-30/h2-11,16-17H,12-15H2,1H3. The number of anilines is 1. The van der Waals surface area contributed by atoms with E-state index in [1.807, 2.05) is 83.5 Å². The molecule has 5 rings (SSSR count). The summed E-state index contributed by atoms with van der Waals surface area (Å²) in [6.45, 7) is 4.65. The van der Waals surface area contributed by atoms with Gasteiger partial charge in [0.15, 0.2) is 0 Å². The van der Waals surface area contributed by atoms with Gasteiger partial charge in [-0.05, 0) is 43.3 Å². The lowest BCUT2D eigenvalue weighted by molar-refractivity contribution is 0.0746. The predicted molar refractivity (Wildman–Crippen MR) is 118 cm³/mol. The van der Waals surface area contributed by atoms with E-state index >= 15 is 0 Å². The van der Waals surface area contributed by atoms with Crippen molar-refractivity contribution in [3.8, 4) is 11.5 Å². The summed E-state index contributed by atoms with van der Waals surface area (Å²) >= 11 is 0. The summed E-state index contributed by atoms with van der Waals surface area (Å²) in [7, 11) is 0. The van der Waals surface area contributed by atoms with Gasteiger partial charge in [-0.25, -0.2) is 14.6 Å². The van der Waals surface area contributed by atoms with Crippen LogP contribution < -0.4 is 4.90 Å². The maximum Gasteiger partial charge on any atom is 0.254 e. The first-order valence-electron chi connectivity index (χ1n) is 10.3. The van der Waals surface area contributed by atoms with Crippen LogP contribution in [0, 0.1) is 6.92 Å². The van der Waals surface area contributed by atoms with E-state index in [2.05, 4.69) is 20.0 Å². The number of benzene rings is 1. The molecule has 0 radical (unpaired) electrons. The number of carbonyl (C=O) groups excluding carboxylic acids is 1. The molecular formula is C23H23N7O. The summed E-state index contributed by atoms with van der Waals surface area (Å²) in [6, 6.07) is 15.4. The summed E-state index contributed by atoms with van der Waals surface area (Å²) in [5.41, 5.74) is 1.55. The normalized spacial score (nSPS) is 14.1. The van der Waals surface area contributed by atoms with Crippen LogP contribution in [0.2, 0.25) is 0 Å². The van der Waals surface area contributed by atoms with Crippen molar-refractivity contribution in [1.82, 2.24) is 29.2 Å². The van der Waals surface area contributed by atoms with Crippen molar-refractivity contribution >= 4 is 11.7 Å². The van der Waals surface area contributed by atoms with Gasteiger partial charge in [0.1, 0.15) is 17.5 Å². The fourth-order valence-electron chi connectivity index (χ4n) is 3.84. The van der Waals surface area contributed by atoms with E-state index in [0.29, 0.717) is 18.7 Å². The Bertz CT molecular complexity index is 1180. The number of hydrogen-bond donors (Lipinski definition) is 0. The summed E-state index contributed by atoms with van der Waals surface area (Å²) < 4.78 is 3.74. The zero-order chi connectivity index (χ0) is 21.2. The fraction of sp³-hybridized carbons (Fsp3) is 0.217. The number of carbonyl (C=O) groups is 1. The second-order valence-electron chi connectivity index (χ2n) is 7.50. The molecule has 1 aliphatic rings. The molecule has 0 spiro atoms. The molecule has 4 heterocycles. The Kier molecular flexibility index (Phi) is 4.95. The van der Waals surface area contributed by atoms with Gasteiger partial charge in [0.25, 0.3) is 5.91 Å². The summed E-state index contributed by atoms with van der Waals surface area (Å²) in [5.74, 6) is 2.51. The number of piperazine rings is 1. The lowest BCUT2D eigenvalue weighted by Gasteiger charge is -2.35. The fourth-order valence-corrected chi connectivity index (χ4v) is 3.84. The lowest BCUT2D eigenvalue weighted by Crippen LogP contribution is -2.49. The number of amides is 1. The zero-order valence-corrected chi connectivity index (χ0v) is 17.3. The zero-order valence-electron chi connectivity index (χ0n) is 17.3. The van der Waals surface area contributed by atoms with Crippen molar-refractivity contribution in [2.45, 2.75) is 6.92 Å². The van der Waals surface area contributed by atoms with Gasteiger partial charge in [0.2, 0.25) is 0 Å². The Labute approximate surface area is 180 Å². The van der Waals surface area contributed by atoms with Crippen LogP contribution in [0.15, 0.2) is 73.3 Å². The molecule has 0 N–H and O–H groups in total. The third-order valence-electron chi connectivity index (χ3n) is 5.43. The third-order valence-corrected chi connectivity index (χ3v) is 5.43. The van der Waals surface area contributed by atoms with Crippen LogP contribution in [0.1, 0.15) is 16.2 Å². The van der Waals surface area contributed by atoms with Crippen molar-refractivity contribution in [3.63, 3.8) is 0 Å². The van der Waals surface area contributed by atoms with Crippen molar-refractivity contribution in [1.29, 1.82) is 0 Å². The van der Waals surface area contributed by atoms with Crippen LogP contribution in [-0.4, -0.2) is 61.3 Å². The summed E-state index contributed by atoms with van der Waals surface area (Å²) in [6.07, 6.45) is 7.54. The molecule has 3 aromatic heterocycles. The van der Waals surface area contributed by atoms with E-state index < -0.39 is 0 Å². The number of aryl methyl sites for hydroxylation is 1. The molecule has 1 fully saturated rings. The minimum atomic E-state index is 0.0422. The van der Waals surface area contributed by atoms with Crippen molar-refractivity contribution in [2.24, 2.45) is 0 Å². The summed E-state index contributed by atoms with van der Waals surface area (Å²) in [5, 5.41) is 4.25. The maximum absolute atomic E-state index is 13.1. The van der Waals surface area contributed by atoms with Crippen LogP contribution in [-0.2, 0) is 0 Å². The van der Waals surface area contributed by atoms with Gasteiger partial charge in [-0.3, -0.25) is 4.79 Å². The largest absolute Gasteiger partial charge is 0.353 e. The van der Waals surface area contributed by atoms with Crippen LogP contribution in [0.5, 0.6) is 0 Å². The van der Waals surface area contributed by atoms with Crippen LogP contribution in [0.25, 0.3) is 11.5 Å². The smallest absolute Gasteiger partial charge is 0.254 e. The van der Waals surface area contributed by atoms with Gasteiger partial charge in [0.05, 0.1) is 5.69 Å². The first-order chi connectivity index (χ1) is 15.2. The van der Waals surface area contributed by atoms with Crippen LogP contribution >= 0.6 is 0 Å². The van der Waals surface area contributed by atoms with E-state index in [9.17, 15) is 4.79 Å². The van der Waals surface area contributed by atoms with Gasteiger partial charge in [-0.15, -0.1) is 0 Å². The van der Waals surface area contributed by atoms with Crippen molar-refractivity contribution < 1.29 is 4.79 Å². The molecule has 1 saturated heterocycles. The third kappa shape index (κ3) is 3.92. The van der Waals surface area contributed by atoms with Crippen LogP contribution in [0.3, 0.4) is 0 Å². The van der Waals surface area contributed by atoms with E-state index in [4.69, 9.17) is 0 Å². The minimum Gasteiger partial charge on any atom is -0.353 e. The molecule has 8 nitrogen and oxygen atoms in total. The molecule has 1 aromatic carbocycles. The molecule has 8 heteroatoms. The average molecular weight is 413 g/mol. The Morgan fingerprint density at radius 2 is 1.65 bits per heavy atom. The number of rotatable bonds is 4. The van der Waals surface area contributed by atoms with Crippen LogP contribution in [0.4, 0.5) is 5.82 Å². The molecule has 0 atom stereocenters. The maximum atomic E-state index is 13.1. The Balaban J connectivity index is 1.29. The highest BCUT2D eigenvalue weighted by Crippen LogP contribution is 2.19. The minimum absolute atomic E-state index is 0.0422. The molecule has 0 unspecified atom stereocenters. The Hall–Kier alpha value is -3.94. The molecular weight excluding hydrogens is 390 g/mol. The molecule has 0 saturated carbocycles. The van der Waals surface area contributed by atoms with E-state index in [1.54, 1.807) is 10.9 Å². The highest BCUT2D eigenvalue weighted by Gasteiger charge is 2.23. The van der Waals surface area contributed by atoms with Crippen molar-refractivity contribution in [2.75, 3.05) is 31.1 Å². The number of aromatic nitrogens is 5. The average Bonchev–Trinajstić information content (AvgIpc) is 3.53. The lowest BCUT2D eigenvalue weighted by atomic mass is 10.1. The van der Waals surface area contributed by atoms with Gasteiger partial charge in [0, 0.05) is 62.6 Å². The van der Waals surface area contributed by atoms with Gasteiger partial charge >= 0.3 is 0 Å². The first-order valence-corrected chi connectivity index (χ1v) is 10.3. The molecule has 1 aliphatic heterocycles. The molecule has 0 bridgehead atoms. The quantitative estimate of drug-likeness (QED) is 0.514. The second kappa shape index (κ2) is 8.06. The predicted octanol–water partition coefficient (Wildman–Crippen LogP) is 2.72. The molecule has 4 aromatic rings. The number of hydrogen-bond acceptors (Lipinski definition) is 5. The topological polar surface area (TPSA) is 72.1 Å². The highest BCUT2D eigenvalue weighted by molar-refractivity contribution is 5.95.